The van der Waals surface area contributed by atoms with E-state index < -0.39 is 4.92 Å². The van der Waals surface area contributed by atoms with Gasteiger partial charge >= 0.3 is 0 Å². The summed E-state index contributed by atoms with van der Waals surface area (Å²) in [6, 6.07) is 16.2. The highest BCUT2D eigenvalue weighted by Crippen LogP contribution is 2.38. The second-order valence-electron chi connectivity index (χ2n) is 6.53. The van der Waals surface area contributed by atoms with Crippen LogP contribution in [0.25, 0.3) is 11.6 Å². The zero-order valence-corrected chi connectivity index (χ0v) is 18.9. The first kappa shape index (κ1) is 23.4. The summed E-state index contributed by atoms with van der Waals surface area (Å²) < 4.78 is 11.3. The number of halogens is 3. The van der Waals surface area contributed by atoms with Crippen LogP contribution in [-0.2, 0) is 6.61 Å². The van der Waals surface area contributed by atoms with Crippen LogP contribution < -0.4 is 9.47 Å². The number of nitro benzene ring substituents is 1. The van der Waals surface area contributed by atoms with Gasteiger partial charge in [0.1, 0.15) is 6.61 Å². The highest BCUT2D eigenvalue weighted by atomic mass is 35.5. The highest BCUT2D eigenvalue weighted by molar-refractivity contribution is 6.35. The maximum absolute atomic E-state index is 10.8. The number of methoxy groups -OCH3 is 1. The molecule has 0 fully saturated rings. The van der Waals surface area contributed by atoms with Crippen molar-refractivity contribution in [3.05, 3.63) is 96.5 Å². The Kier molecular flexibility index (Phi) is 7.60. The van der Waals surface area contributed by atoms with Gasteiger partial charge in [-0.05, 0) is 53.6 Å². The monoisotopic (exact) mass is 488 g/mol. The fourth-order valence-corrected chi connectivity index (χ4v) is 3.60. The van der Waals surface area contributed by atoms with Crippen LogP contribution in [-0.4, -0.2) is 12.0 Å². The number of allylic oxidation sites excluding steroid dienone is 1. The highest BCUT2D eigenvalue weighted by Gasteiger charge is 2.14. The number of rotatable bonds is 7. The Morgan fingerprint density at radius 3 is 2.41 bits per heavy atom. The van der Waals surface area contributed by atoms with E-state index in [0.29, 0.717) is 38.2 Å². The zero-order valence-electron chi connectivity index (χ0n) is 16.6. The maximum Gasteiger partial charge on any atom is 0.269 e. The van der Waals surface area contributed by atoms with Gasteiger partial charge in [-0.15, -0.1) is 0 Å². The third-order valence-electron chi connectivity index (χ3n) is 4.46. The van der Waals surface area contributed by atoms with Gasteiger partial charge < -0.3 is 9.47 Å². The first-order chi connectivity index (χ1) is 15.3. The summed E-state index contributed by atoms with van der Waals surface area (Å²) in [5.74, 6) is 0.695. The number of non-ortho nitro benzene ring substituents is 1. The van der Waals surface area contributed by atoms with Crippen molar-refractivity contribution in [2.75, 3.05) is 7.11 Å². The van der Waals surface area contributed by atoms with E-state index in [2.05, 4.69) is 6.07 Å². The summed E-state index contributed by atoms with van der Waals surface area (Å²) in [6.45, 7) is 0.146. The Labute approximate surface area is 199 Å². The topological polar surface area (TPSA) is 85.4 Å². The molecule has 0 saturated heterocycles. The Morgan fingerprint density at radius 1 is 1.09 bits per heavy atom. The Hall–Kier alpha value is -3.24. The largest absolute Gasteiger partial charge is 0.493 e. The van der Waals surface area contributed by atoms with Crippen LogP contribution >= 0.6 is 34.8 Å². The fraction of sp³-hybridized carbons (Fsp3) is 0.0870. The predicted octanol–water partition coefficient (Wildman–Crippen LogP) is 7.21. The molecule has 0 N–H and O–H groups in total. The van der Waals surface area contributed by atoms with E-state index >= 15 is 0 Å². The zero-order chi connectivity index (χ0) is 23.3. The molecule has 6 nitrogen and oxygen atoms in total. The summed E-state index contributed by atoms with van der Waals surface area (Å²) in [5, 5.41) is 21.7. The number of nitriles is 1. The first-order valence-electron chi connectivity index (χ1n) is 9.13. The van der Waals surface area contributed by atoms with E-state index in [1.165, 1.54) is 31.4 Å². The van der Waals surface area contributed by atoms with Gasteiger partial charge in [0.15, 0.2) is 11.5 Å². The van der Waals surface area contributed by atoms with Crippen LogP contribution in [0.5, 0.6) is 11.5 Å². The summed E-state index contributed by atoms with van der Waals surface area (Å²) in [6.07, 6.45) is 1.61. The van der Waals surface area contributed by atoms with E-state index in [0.717, 1.165) is 5.56 Å². The Balaban J connectivity index is 1.89. The van der Waals surface area contributed by atoms with E-state index in [9.17, 15) is 15.4 Å². The van der Waals surface area contributed by atoms with E-state index in [1.54, 1.807) is 36.4 Å². The van der Waals surface area contributed by atoms with Crippen LogP contribution in [0.2, 0.25) is 15.1 Å². The fourth-order valence-electron chi connectivity index (χ4n) is 2.86. The molecule has 0 atom stereocenters. The lowest BCUT2D eigenvalue weighted by Gasteiger charge is -2.14. The molecule has 0 unspecified atom stereocenters. The van der Waals surface area contributed by atoms with Crippen molar-refractivity contribution in [1.82, 2.24) is 0 Å². The average molecular weight is 490 g/mol. The molecular weight excluding hydrogens is 475 g/mol. The molecule has 0 spiro atoms. The molecule has 0 radical (unpaired) electrons. The van der Waals surface area contributed by atoms with Crippen molar-refractivity contribution in [3.63, 3.8) is 0 Å². The lowest BCUT2D eigenvalue weighted by molar-refractivity contribution is -0.384. The summed E-state index contributed by atoms with van der Waals surface area (Å²) in [5.41, 5.74) is 2.10. The molecule has 3 aromatic carbocycles. The van der Waals surface area contributed by atoms with Gasteiger partial charge in [0.2, 0.25) is 0 Å². The molecule has 0 heterocycles. The Bertz CT molecular complexity index is 1240. The van der Waals surface area contributed by atoms with Crippen LogP contribution in [0.4, 0.5) is 5.69 Å². The van der Waals surface area contributed by atoms with Gasteiger partial charge in [-0.2, -0.15) is 5.26 Å². The number of hydrogen-bond acceptors (Lipinski definition) is 5. The standard InChI is InChI=1S/C23H15Cl3N2O4/c1-31-22-10-14(8-17(12-27)15-3-6-19(7-4-15)28(29)30)9-21(26)23(22)32-13-16-2-5-18(24)11-20(16)25/h2-11H,13H2,1H3/b17-8-. The third-order valence-corrected chi connectivity index (χ3v) is 5.33. The normalized spacial score (nSPS) is 11.0. The number of benzene rings is 3. The minimum atomic E-state index is -0.500. The number of hydrogen-bond donors (Lipinski definition) is 0. The minimum Gasteiger partial charge on any atom is -0.493 e. The minimum absolute atomic E-state index is 0.0574. The van der Waals surface area contributed by atoms with Gasteiger partial charge in [0.05, 0.1) is 28.7 Å². The van der Waals surface area contributed by atoms with Crippen molar-refractivity contribution < 1.29 is 14.4 Å². The number of nitrogens with zero attached hydrogens (tertiary/aromatic N) is 2. The quantitative estimate of drug-likeness (QED) is 0.151. The molecule has 162 valence electrons. The molecule has 0 aliphatic carbocycles. The van der Waals surface area contributed by atoms with Crippen LogP contribution in [0.1, 0.15) is 16.7 Å². The summed E-state index contributed by atoms with van der Waals surface area (Å²) >= 11 is 18.5. The van der Waals surface area contributed by atoms with Crippen LogP contribution in [0.3, 0.4) is 0 Å². The van der Waals surface area contributed by atoms with Gasteiger partial charge in [0.25, 0.3) is 5.69 Å². The molecule has 0 saturated carbocycles. The second-order valence-corrected chi connectivity index (χ2v) is 7.78. The smallest absolute Gasteiger partial charge is 0.269 e. The molecule has 9 heteroatoms. The molecule has 0 aliphatic heterocycles. The van der Waals surface area contributed by atoms with Crippen molar-refractivity contribution in [1.29, 1.82) is 5.26 Å². The number of ether oxygens (including phenoxy) is 2. The molecule has 32 heavy (non-hydrogen) atoms. The average Bonchev–Trinajstić information content (AvgIpc) is 2.77. The summed E-state index contributed by atoms with van der Waals surface area (Å²) in [7, 11) is 1.48. The van der Waals surface area contributed by atoms with E-state index in [4.69, 9.17) is 44.3 Å². The summed E-state index contributed by atoms with van der Waals surface area (Å²) in [4.78, 5) is 10.3. The van der Waals surface area contributed by atoms with E-state index in [1.807, 2.05) is 0 Å². The van der Waals surface area contributed by atoms with Gasteiger partial charge in [0, 0.05) is 27.7 Å². The lowest BCUT2D eigenvalue weighted by Crippen LogP contribution is -1.99. The van der Waals surface area contributed by atoms with Crippen LogP contribution in [0, 0.1) is 21.4 Å². The third kappa shape index (κ3) is 5.51. The maximum atomic E-state index is 10.8. The molecule has 3 aromatic rings. The van der Waals surface area contributed by atoms with Crippen molar-refractivity contribution in [2.45, 2.75) is 6.61 Å². The predicted molar refractivity (Wildman–Crippen MR) is 125 cm³/mol. The number of nitro groups is 1. The molecule has 0 amide bonds. The molecule has 0 aromatic heterocycles. The van der Waals surface area contributed by atoms with Crippen molar-refractivity contribution in [2.24, 2.45) is 0 Å². The molecule has 3 rings (SSSR count). The van der Waals surface area contributed by atoms with Gasteiger partial charge in [-0.3, -0.25) is 10.1 Å². The Morgan fingerprint density at radius 2 is 1.81 bits per heavy atom. The molecular formula is C23H15Cl3N2O4. The van der Waals surface area contributed by atoms with Crippen LogP contribution in [0.15, 0.2) is 54.6 Å². The first-order valence-corrected chi connectivity index (χ1v) is 10.3. The molecule has 0 bridgehead atoms. The second kappa shape index (κ2) is 10.4. The van der Waals surface area contributed by atoms with Crippen molar-refractivity contribution in [3.8, 4) is 17.6 Å². The van der Waals surface area contributed by atoms with Crippen molar-refractivity contribution >= 4 is 52.1 Å². The molecule has 0 aliphatic rings. The SMILES string of the molecule is COc1cc(/C=C(/C#N)c2ccc([N+](=O)[O-])cc2)cc(Cl)c1OCc1ccc(Cl)cc1Cl. The van der Waals surface area contributed by atoms with E-state index in [-0.39, 0.29) is 17.3 Å². The van der Waals surface area contributed by atoms with Gasteiger partial charge in [-0.25, -0.2) is 0 Å². The van der Waals surface area contributed by atoms with Gasteiger partial charge in [-0.1, -0.05) is 40.9 Å². The lowest BCUT2D eigenvalue weighted by atomic mass is 10.0.